The van der Waals surface area contributed by atoms with Gasteiger partial charge in [-0.15, -0.1) is 11.8 Å². The number of thioether (sulfide) groups is 1. The van der Waals surface area contributed by atoms with Crippen LogP contribution < -0.4 is 0 Å². The molecule has 1 saturated heterocycles. The predicted octanol–water partition coefficient (Wildman–Crippen LogP) is 4.64. The zero-order valence-corrected chi connectivity index (χ0v) is 15.4. The van der Waals surface area contributed by atoms with Crippen LogP contribution in [-0.2, 0) is 4.84 Å². The Labute approximate surface area is 152 Å². The summed E-state index contributed by atoms with van der Waals surface area (Å²) in [5, 5.41) is 18.0. The van der Waals surface area contributed by atoms with E-state index in [2.05, 4.69) is 54.5 Å². The average molecular weight is 353 g/mol. The first-order chi connectivity index (χ1) is 12.2. The molecule has 0 amide bonds. The van der Waals surface area contributed by atoms with Crippen molar-refractivity contribution in [2.75, 3.05) is 7.11 Å². The van der Waals surface area contributed by atoms with E-state index in [1.54, 1.807) is 7.11 Å². The standard InChI is InChI=1S/C21H23NO2S/c1-3-18(22-24-2)20-17(11-16-12-19(23)21(20)25-16)15-9-8-13-6-4-5-7-14(13)10-15/h4-10,16,19,21,23H,3,11-12H2,1-2H3. The number of oxime groups is 1. The van der Waals surface area contributed by atoms with Gasteiger partial charge >= 0.3 is 0 Å². The van der Waals surface area contributed by atoms with E-state index in [4.69, 9.17) is 4.84 Å². The third-order valence-electron chi connectivity index (χ3n) is 5.18. The zero-order chi connectivity index (χ0) is 17.4. The average Bonchev–Trinajstić information content (AvgIpc) is 2.94. The maximum atomic E-state index is 10.6. The number of aliphatic hydroxyl groups is 1. The Morgan fingerprint density at radius 3 is 2.80 bits per heavy atom. The highest BCUT2D eigenvalue weighted by Crippen LogP contribution is 2.50. The molecular formula is C21H23NO2S. The van der Waals surface area contributed by atoms with Crippen LogP contribution in [-0.4, -0.2) is 34.5 Å². The molecule has 3 unspecified atom stereocenters. The second-order valence-electron chi connectivity index (χ2n) is 6.71. The van der Waals surface area contributed by atoms with Gasteiger partial charge in [0.2, 0.25) is 0 Å². The lowest BCUT2D eigenvalue weighted by molar-refractivity contribution is 0.181. The monoisotopic (exact) mass is 353 g/mol. The van der Waals surface area contributed by atoms with E-state index in [0.717, 1.165) is 25.0 Å². The smallest absolute Gasteiger partial charge is 0.106 e. The topological polar surface area (TPSA) is 41.8 Å². The predicted molar refractivity (Wildman–Crippen MR) is 106 cm³/mol. The molecule has 2 aliphatic rings. The van der Waals surface area contributed by atoms with Gasteiger partial charge in [0, 0.05) is 5.25 Å². The van der Waals surface area contributed by atoms with Crippen molar-refractivity contribution < 1.29 is 9.94 Å². The number of hydrogen-bond donors (Lipinski definition) is 1. The van der Waals surface area contributed by atoms with Crippen LogP contribution in [0.4, 0.5) is 0 Å². The third-order valence-corrected chi connectivity index (χ3v) is 6.77. The van der Waals surface area contributed by atoms with Crippen molar-refractivity contribution in [3.63, 3.8) is 0 Å². The van der Waals surface area contributed by atoms with E-state index >= 15 is 0 Å². The molecule has 0 spiro atoms. The fraction of sp³-hybridized carbons (Fsp3) is 0.381. The quantitative estimate of drug-likeness (QED) is 0.643. The van der Waals surface area contributed by atoms with Crippen LogP contribution in [0.15, 0.2) is 53.2 Å². The molecule has 1 fully saturated rings. The maximum absolute atomic E-state index is 10.6. The van der Waals surface area contributed by atoms with Gasteiger partial charge in [-0.1, -0.05) is 48.5 Å². The van der Waals surface area contributed by atoms with Gasteiger partial charge in [-0.25, -0.2) is 0 Å². The highest BCUT2D eigenvalue weighted by atomic mass is 32.2. The first-order valence-corrected chi connectivity index (χ1v) is 9.81. The fourth-order valence-electron chi connectivity index (χ4n) is 4.05. The SMILES string of the molecule is CCC(=NOC)C1=C(c2ccc3ccccc3c2)CC2CC(O)C1S2. The number of rotatable bonds is 4. The Bertz CT molecular complexity index is 858. The molecule has 130 valence electrons. The number of nitrogens with zero attached hydrogens (tertiary/aromatic N) is 1. The Kier molecular flexibility index (Phi) is 4.57. The van der Waals surface area contributed by atoms with E-state index in [9.17, 15) is 5.11 Å². The minimum atomic E-state index is -0.295. The molecule has 2 aromatic carbocycles. The van der Waals surface area contributed by atoms with Gasteiger partial charge < -0.3 is 9.94 Å². The van der Waals surface area contributed by atoms with Crippen molar-refractivity contribution in [1.82, 2.24) is 0 Å². The van der Waals surface area contributed by atoms with Gasteiger partial charge in [-0.3, -0.25) is 0 Å². The zero-order valence-electron chi connectivity index (χ0n) is 14.6. The van der Waals surface area contributed by atoms with Crippen molar-refractivity contribution in [3.8, 4) is 0 Å². The van der Waals surface area contributed by atoms with Crippen LogP contribution in [0.1, 0.15) is 31.7 Å². The summed E-state index contributed by atoms with van der Waals surface area (Å²) in [4.78, 5) is 5.11. The highest BCUT2D eigenvalue weighted by Gasteiger charge is 2.43. The lowest BCUT2D eigenvalue weighted by atomic mass is 9.90. The second kappa shape index (κ2) is 6.85. The summed E-state index contributed by atoms with van der Waals surface area (Å²) >= 11 is 1.90. The minimum Gasteiger partial charge on any atom is -0.399 e. The molecule has 3 atom stereocenters. The van der Waals surface area contributed by atoms with E-state index in [1.165, 1.54) is 27.5 Å². The normalized spacial score (nSPS) is 26.4. The molecule has 0 saturated carbocycles. The Balaban J connectivity index is 1.89. The number of hydrogen-bond acceptors (Lipinski definition) is 4. The lowest BCUT2D eigenvalue weighted by Crippen LogP contribution is -2.26. The maximum Gasteiger partial charge on any atom is 0.106 e. The van der Waals surface area contributed by atoms with Crippen LogP contribution in [0.2, 0.25) is 0 Å². The Morgan fingerprint density at radius 2 is 2.04 bits per heavy atom. The van der Waals surface area contributed by atoms with E-state index < -0.39 is 0 Å². The first-order valence-electron chi connectivity index (χ1n) is 8.87. The van der Waals surface area contributed by atoms with E-state index in [1.807, 2.05) is 11.8 Å². The van der Waals surface area contributed by atoms with Crippen molar-refractivity contribution >= 4 is 33.8 Å². The lowest BCUT2D eigenvalue weighted by Gasteiger charge is -2.28. The molecule has 2 aliphatic heterocycles. The summed E-state index contributed by atoms with van der Waals surface area (Å²) in [6.07, 6.45) is 2.35. The molecular weight excluding hydrogens is 330 g/mol. The third kappa shape index (κ3) is 2.98. The summed E-state index contributed by atoms with van der Waals surface area (Å²) in [5.74, 6) is 0. The molecule has 4 rings (SSSR count). The van der Waals surface area contributed by atoms with Crippen molar-refractivity contribution in [2.45, 2.75) is 42.8 Å². The van der Waals surface area contributed by atoms with E-state index in [-0.39, 0.29) is 11.4 Å². The molecule has 0 radical (unpaired) electrons. The van der Waals surface area contributed by atoms with Gasteiger partial charge in [0.05, 0.1) is 17.1 Å². The molecule has 2 bridgehead atoms. The van der Waals surface area contributed by atoms with Gasteiger partial charge in [0.25, 0.3) is 0 Å². The van der Waals surface area contributed by atoms with Gasteiger partial charge in [-0.05, 0) is 52.8 Å². The molecule has 25 heavy (non-hydrogen) atoms. The number of benzene rings is 2. The van der Waals surface area contributed by atoms with Crippen LogP contribution >= 0.6 is 11.8 Å². The number of aliphatic hydroxyl groups excluding tert-OH is 1. The van der Waals surface area contributed by atoms with Crippen molar-refractivity contribution in [2.24, 2.45) is 5.16 Å². The molecule has 0 aliphatic carbocycles. The van der Waals surface area contributed by atoms with Crippen LogP contribution in [0.5, 0.6) is 0 Å². The summed E-state index contributed by atoms with van der Waals surface area (Å²) in [6, 6.07) is 15.1. The molecule has 2 aromatic rings. The van der Waals surface area contributed by atoms with Crippen LogP contribution in [0.3, 0.4) is 0 Å². The summed E-state index contributed by atoms with van der Waals surface area (Å²) in [6.45, 7) is 2.10. The first kappa shape index (κ1) is 16.7. The second-order valence-corrected chi connectivity index (χ2v) is 8.16. The Morgan fingerprint density at radius 1 is 1.24 bits per heavy atom. The van der Waals surface area contributed by atoms with E-state index in [0.29, 0.717) is 5.25 Å². The van der Waals surface area contributed by atoms with Gasteiger partial charge in [0.1, 0.15) is 7.11 Å². The minimum absolute atomic E-state index is 0.106. The molecule has 3 nitrogen and oxygen atoms in total. The highest BCUT2D eigenvalue weighted by molar-refractivity contribution is 8.01. The van der Waals surface area contributed by atoms with Gasteiger partial charge in [-0.2, -0.15) is 0 Å². The number of fused-ring (bicyclic) bond motifs is 3. The fourth-order valence-corrected chi connectivity index (χ4v) is 5.74. The summed E-state index contributed by atoms with van der Waals surface area (Å²) in [7, 11) is 1.59. The molecule has 0 aromatic heterocycles. The van der Waals surface area contributed by atoms with Crippen LogP contribution in [0.25, 0.3) is 16.3 Å². The van der Waals surface area contributed by atoms with Gasteiger partial charge in [0.15, 0.2) is 0 Å². The summed E-state index contributed by atoms with van der Waals surface area (Å²) < 4.78 is 0. The Hall–Kier alpha value is -1.78. The van der Waals surface area contributed by atoms with Crippen molar-refractivity contribution in [3.05, 3.63) is 53.6 Å². The van der Waals surface area contributed by atoms with Crippen LogP contribution in [0, 0.1) is 0 Å². The largest absolute Gasteiger partial charge is 0.399 e. The molecule has 4 heteroatoms. The number of allylic oxidation sites excluding steroid dienone is 1. The summed E-state index contributed by atoms with van der Waals surface area (Å²) in [5.41, 5.74) is 4.72. The molecule has 2 heterocycles. The van der Waals surface area contributed by atoms with Crippen molar-refractivity contribution in [1.29, 1.82) is 0 Å². The molecule has 1 N–H and O–H groups in total.